The topological polar surface area (TPSA) is 72.7 Å². The Bertz CT molecular complexity index is 950. The van der Waals surface area contributed by atoms with Crippen molar-refractivity contribution in [3.05, 3.63) is 69.1 Å². The quantitative estimate of drug-likeness (QED) is 0.749. The molecule has 0 saturated carbocycles. The van der Waals surface area contributed by atoms with Crippen LogP contribution in [-0.4, -0.2) is 19.1 Å². The Morgan fingerprint density at radius 2 is 2.00 bits per heavy atom. The zero-order valence-corrected chi connectivity index (χ0v) is 12.4. The molecule has 0 bridgehead atoms. The van der Waals surface area contributed by atoms with Gasteiger partial charge in [0, 0.05) is 11.6 Å². The second-order valence-electron chi connectivity index (χ2n) is 4.73. The average Bonchev–Trinajstić information content (AvgIpc) is 2.98. The van der Waals surface area contributed by atoms with Gasteiger partial charge in [-0.2, -0.15) is 0 Å². The van der Waals surface area contributed by atoms with Gasteiger partial charge < -0.3 is 4.98 Å². The van der Waals surface area contributed by atoms with Crippen LogP contribution in [0.5, 0.6) is 0 Å². The van der Waals surface area contributed by atoms with Crippen molar-refractivity contribution < 1.29 is 0 Å². The van der Waals surface area contributed by atoms with Gasteiger partial charge in [0.05, 0.1) is 12.0 Å². The van der Waals surface area contributed by atoms with Crippen molar-refractivity contribution in [2.45, 2.75) is 13.0 Å². The molecule has 1 aromatic carbocycles. The van der Waals surface area contributed by atoms with Gasteiger partial charge in [0.2, 0.25) is 0 Å². The fourth-order valence-corrected chi connectivity index (χ4v) is 2.41. The van der Waals surface area contributed by atoms with E-state index in [2.05, 4.69) is 16.5 Å². The van der Waals surface area contributed by atoms with Crippen LogP contribution >= 0.6 is 11.6 Å². The van der Waals surface area contributed by atoms with Gasteiger partial charge in [-0.25, -0.2) is 14.3 Å². The summed E-state index contributed by atoms with van der Waals surface area (Å²) < 4.78 is 2.57. The molecule has 0 saturated heterocycles. The standard InChI is InChI=1S/C15H13ClN4O2/c1-2-3-8-19-14(21)12-13(18-9-17-12)20(15(19)22)11-6-4-10(16)5-7-11/h2,4-7,9H,1,3,8H2,(H,17,18). The van der Waals surface area contributed by atoms with E-state index in [0.717, 1.165) is 0 Å². The Hall–Kier alpha value is -2.60. The summed E-state index contributed by atoms with van der Waals surface area (Å²) in [5, 5.41) is 0.565. The predicted octanol–water partition coefficient (Wildman–Crippen LogP) is 2.10. The highest BCUT2D eigenvalue weighted by Crippen LogP contribution is 2.14. The lowest BCUT2D eigenvalue weighted by Crippen LogP contribution is -2.39. The molecule has 3 aromatic rings. The number of nitrogens with zero attached hydrogens (tertiary/aromatic N) is 3. The molecule has 0 aliphatic carbocycles. The van der Waals surface area contributed by atoms with Crippen molar-refractivity contribution >= 4 is 22.8 Å². The Kier molecular flexibility index (Phi) is 3.68. The van der Waals surface area contributed by atoms with E-state index in [1.54, 1.807) is 30.3 Å². The van der Waals surface area contributed by atoms with Gasteiger partial charge in [-0.3, -0.25) is 9.36 Å². The fourth-order valence-electron chi connectivity index (χ4n) is 2.29. The van der Waals surface area contributed by atoms with Crippen molar-refractivity contribution in [1.29, 1.82) is 0 Å². The summed E-state index contributed by atoms with van der Waals surface area (Å²) in [5.74, 6) is 0. The number of halogens is 1. The molecule has 2 aromatic heterocycles. The highest BCUT2D eigenvalue weighted by atomic mass is 35.5. The van der Waals surface area contributed by atoms with Crippen LogP contribution in [0, 0.1) is 0 Å². The molecule has 112 valence electrons. The lowest BCUT2D eigenvalue weighted by molar-refractivity contribution is 0.627. The van der Waals surface area contributed by atoms with Crippen molar-refractivity contribution in [3.63, 3.8) is 0 Å². The van der Waals surface area contributed by atoms with Crippen LogP contribution in [0.3, 0.4) is 0 Å². The van der Waals surface area contributed by atoms with Crippen LogP contribution in [0.1, 0.15) is 6.42 Å². The molecule has 0 unspecified atom stereocenters. The maximum absolute atomic E-state index is 12.7. The summed E-state index contributed by atoms with van der Waals surface area (Å²) in [6.45, 7) is 3.89. The molecule has 0 atom stereocenters. The molecule has 2 heterocycles. The second-order valence-corrected chi connectivity index (χ2v) is 5.17. The lowest BCUT2D eigenvalue weighted by Gasteiger charge is -2.10. The van der Waals surface area contributed by atoms with E-state index in [-0.39, 0.29) is 12.1 Å². The Morgan fingerprint density at radius 3 is 2.68 bits per heavy atom. The first-order valence-corrected chi connectivity index (χ1v) is 7.07. The maximum atomic E-state index is 12.7. The molecule has 6 nitrogen and oxygen atoms in total. The first kappa shape index (κ1) is 14.3. The van der Waals surface area contributed by atoms with E-state index in [1.165, 1.54) is 15.5 Å². The zero-order chi connectivity index (χ0) is 15.7. The number of allylic oxidation sites excluding steroid dienone is 1. The summed E-state index contributed by atoms with van der Waals surface area (Å²) in [5.41, 5.74) is 0.364. The molecule has 7 heteroatoms. The van der Waals surface area contributed by atoms with E-state index in [1.807, 2.05) is 0 Å². The summed E-state index contributed by atoms with van der Waals surface area (Å²) in [6, 6.07) is 6.78. The van der Waals surface area contributed by atoms with Crippen molar-refractivity contribution in [3.8, 4) is 5.69 Å². The van der Waals surface area contributed by atoms with Crippen LogP contribution in [-0.2, 0) is 6.54 Å². The van der Waals surface area contributed by atoms with Crippen LogP contribution in [0.15, 0.2) is 52.8 Å². The molecule has 0 amide bonds. The zero-order valence-electron chi connectivity index (χ0n) is 11.6. The lowest BCUT2D eigenvalue weighted by atomic mass is 10.3. The second kappa shape index (κ2) is 5.65. The molecule has 0 spiro atoms. The van der Waals surface area contributed by atoms with Gasteiger partial charge in [-0.15, -0.1) is 6.58 Å². The summed E-state index contributed by atoms with van der Waals surface area (Å²) in [7, 11) is 0. The Morgan fingerprint density at radius 1 is 1.27 bits per heavy atom. The number of rotatable bonds is 4. The first-order valence-electron chi connectivity index (χ1n) is 6.69. The van der Waals surface area contributed by atoms with Gasteiger partial charge in [0.1, 0.15) is 5.52 Å². The van der Waals surface area contributed by atoms with Crippen molar-refractivity contribution in [2.24, 2.45) is 0 Å². The van der Waals surface area contributed by atoms with E-state index < -0.39 is 5.69 Å². The Balaban J connectivity index is 2.35. The fraction of sp³-hybridized carbons (Fsp3) is 0.133. The summed E-state index contributed by atoms with van der Waals surface area (Å²) in [6.07, 6.45) is 3.58. The monoisotopic (exact) mass is 316 g/mol. The van der Waals surface area contributed by atoms with E-state index in [0.29, 0.717) is 28.3 Å². The maximum Gasteiger partial charge on any atom is 0.337 e. The number of benzene rings is 1. The average molecular weight is 317 g/mol. The largest absolute Gasteiger partial charge is 0.339 e. The normalized spacial score (nSPS) is 11.0. The van der Waals surface area contributed by atoms with E-state index in [9.17, 15) is 9.59 Å². The molecule has 0 radical (unpaired) electrons. The molecule has 0 aliphatic heterocycles. The third kappa shape index (κ3) is 2.27. The summed E-state index contributed by atoms with van der Waals surface area (Å²) in [4.78, 5) is 32.0. The molecular formula is C15H13ClN4O2. The minimum atomic E-state index is -0.436. The molecule has 1 N–H and O–H groups in total. The number of imidazole rings is 1. The van der Waals surface area contributed by atoms with Crippen molar-refractivity contribution in [2.75, 3.05) is 0 Å². The van der Waals surface area contributed by atoms with Crippen LogP contribution in [0.2, 0.25) is 5.02 Å². The first-order chi connectivity index (χ1) is 10.6. The van der Waals surface area contributed by atoms with Gasteiger partial charge in [0.15, 0.2) is 5.65 Å². The third-order valence-corrected chi connectivity index (χ3v) is 3.61. The number of hydrogen-bond acceptors (Lipinski definition) is 3. The molecule has 0 aliphatic rings. The number of hydrogen-bond donors (Lipinski definition) is 1. The Labute approximate surface area is 130 Å². The molecule has 0 fully saturated rings. The number of fused-ring (bicyclic) bond motifs is 1. The van der Waals surface area contributed by atoms with Gasteiger partial charge in [0.25, 0.3) is 5.56 Å². The molecular weight excluding hydrogens is 304 g/mol. The van der Waals surface area contributed by atoms with E-state index >= 15 is 0 Å². The molecule has 22 heavy (non-hydrogen) atoms. The van der Waals surface area contributed by atoms with Gasteiger partial charge >= 0.3 is 5.69 Å². The van der Waals surface area contributed by atoms with Crippen LogP contribution in [0.4, 0.5) is 0 Å². The number of nitrogens with one attached hydrogen (secondary N) is 1. The predicted molar refractivity (Wildman–Crippen MR) is 85.8 cm³/mol. The van der Waals surface area contributed by atoms with Gasteiger partial charge in [-0.05, 0) is 30.7 Å². The highest BCUT2D eigenvalue weighted by Gasteiger charge is 2.15. The highest BCUT2D eigenvalue weighted by molar-refractivity contribution is 6.30. The summed E-state index contributed by atoms with van der Waals surface area (Å²) >= 11 is 5.89. The number of aromatic amines is 1. The van der Waals surface area contributed by atoms with Crippen molar-refractivity contribution in [1.82, 2.24) is 19.1 Å². The third-order valence-electron chi connectivity index (χ3n) is 3.35. The van der Waals surface area contributed by atoms with Crippen LogP contribution < -0.4 is 11.2 Å². The molecule has 3 rings (SSSR count). The smallest absolute Gasteiger partial charge is 0.337 e. The number of aromatic nitrogens is 4. The van der Waals surface area contributed by atoms with Crippen LogP contribution in [0.25, 0.3) is 16.9 Å². The minimum Gasteiger partial charge on any atom is -0.339 e. The number of H-pyrrole nitrogens is 1. The van der Waals surface area contributed by atoms with E-state index in [4.69, 9.17) is 11.6 Å². The van der Waals surface area contributed by atoms with Gasteiger partial charge in [-0.1, -0.05) is 17.7 Å². The SMILES string of the molecule is C=CCCn1c(=O)c2[nH]cnc2n(-c2ccc(Cl)cc2)c1=O. The minimum absolute atomic E-state index is 0.268.